The molecule has 0 saturated heterocycles. The zero-order chi connectivity index (χ0) is 12.0. The fourth-order valence-electron chi connectivity index (χ4n) is 1.66. The summed E-state index contributed by atoms with van der Waals surface area (Å²) in [7, 11) is 0. The van der Waals surface area contributed by atoms with Crippen LogP contribution in [0.15, 0.2) is 17.5 Å². The van der Waals surface area contributed by atoms with Gasteiger partial charge in [-0.3, -0.25) is 0 Å². The maximum atomic E-state index is 10.3. The molecule has 0 saturated carbocycles. The summed E-state index contributed by atoms with van der Waals surface area (Å²) in [5.41, 5.74) is -0.741. The highest BCUT2D eigenvalue weighted by molar-refractivity contribution is 7.10. The molecule has 1 rings (SSSR count). The third kappa shape index (κ3) is 4.24. The largest absolute Gasteiger partial charge is 0.383 e. The highest BCUT2D eigenvalue weighted by Gasteiger charge is 2.24. The highest BCUT2D eigenvalue weighted by atomic mass is 32.1. The van der Waals surface area contributed by atoms with Crippen LogP contribution in [0, 0.1) is 0 Å². The topological polar surface area (TPSA) is 32.3 Å². The predicted octanol–water partition coefficient (Wildman–Crippen LogP) is 3.12. The molecule has 1 aromatic heterocycles. The molecule has 2 N–H and O–H groups in total. The van der Waals surface area contributed by atoms with Crippen molar-refractivity contribution in [2.45, 2.75) is 51.7 Å². The van der Waals surface area contributed by atoms with E-state index in [-0.39, 0.29) is 0 Å². The van der Waals surface area contributed by atoms with E-state index in [1.807, 2.05) is 24.4 Å². The van der Waals surface area contributed by atoms with Gasteiger partial charge in [0.2, 0.25) is 0 Å². The van der Waals surface area contributed by atoms with E-state index in [1.54, 1.807) is 11.3 Å². The average molecular weight is 241 g/mol. The molecule has 16 heavy (non-hydrogen) atoms. The number of nitrogens with one attached hydrogen (secondary N) is 1. The van der Waals surface area contributed by atoms with Crippen LogP contribution in [0.1, 0.15) is 44.9 Å². The van der Waals surface area contributed by atoms with E-state index in [0.29, 0.717) is 12.6 Å². The summed E-state index contributed by atoms with van der Waals surface area (Å²) in [4.78, 5) is 1.03. The quantitative estimate of drug-likeness (QED) is 0.768. The number of thiophene rings is 1. The third-order valence-electron chi connectivity index (χ3n) is 2.84. The standard InChI is InChI=1S/C13H23NOS/c1-4-5-7-11(2)14-10-13(3,15)12-8-6-9-16-12/h6,8-9,11,14-15H,4-5,7,10H2,1-3H3. The van der Waals surface area contributed by atoms with Crippen molar-refractivity contribution < 1.29 is 5.11 Å². The van der Waals surface area contributed by atoms with Gasteiger partial charge in [0, 0.05) is 17.5 Å². The van der Waals surface area contributed by atoms with E-state index < -0.39 is 5.60 Å². The van der Waals surface area contributed by atoms with Gasteiger partial charge in [-0.2, -0.15) is 0 Å². The Hall–Kier alpha value is -0.380. The number of hydrogen-bond donors (Lipinski definition) is 2. The van der Waals surface area contributed by atoms with E-state index in [2.05, 4.69) is 19.2 Å². The molecule has 2 atom stereocenters. The van der Waals surface area contributed by atoms with Crippen molar-refractivity contribution in [2.75, 3.05) is 6.54 Å². The van der Waals surface area contributed by atoms with Crippen LogP contribution in [0.5, 0.6) is 0 Å². The molecular weight excluding hydrogens is 218 g/mol. The Labute approximate surface area is 103 Å². The second-order valence-corrected chi connectivity index (χ2v) is 5.62. The molecule has 0 radical (unpaired) electrons. The molecule has 0 aromatic carbocycles. The Morgan fingerprint density at radius 3 is 2.88 bits per heavy atom. The maximum absolute atomic E-state index is 10.3. The van der Waals surface area contributed by atoms with Gasteiger partial charge in [0.1, 0.15) is 5.60 Å². The second-order valence-electron chi connectivity index (χ2n) is 4.68. The summed E-state index contributed by atoms with van der Waals surface area (Å²) in [5.74, 6) is 0. The van der Waals surface area contributed by atoms with Gasteiger partial charge >= 0.3 is 0 Å². The summed E-state index contributed by atoms with van der Waals surface area (Å²) in [6.45, 7) is 6.88. The van der Waals surface area contributed by atoms with Crippen molar-refractivity contribution >= 4 is 11.3 Å². The Bertz CT molecular complexity index is 282. The van der Waals surface area contributed by atoms with Crippen LogP contribution in [-0.2, 0) is 5.60 Å². The lowest BCUT2D eigenvalue weighted by molar-refractivity contribution is 0.0577. The molecular formula is C13H23NOS. The molecule has 0 bridgehead atoms. The SMILES string of the molecule is CCCCC(C)NCC(C)(O)c1cccs1. The zero-order valence-corrected chi connectivity index (χ0v) is 11.3. The first kappa shape index (κ1) is 13.7. The lowest BCUT2D eigenvalue weighted by Crippen LogP contribution is -2.39. The number of unbranched alkanes of at least 4 members (excludes halogenated alkanes) is 1. The average Bonchev–Trinajstić information content (AvgIpc) is 2.77. The van der Waals surface area contributed by atoms with E-state index >= 15 is 0 Å². The van der Waals surface area contributed by atoms with Crippen LogP contribution in [0.25, 0.3) is 0 Å². The molecule has 0 fully saturated rings. The summed E-state index contributed by atoms with van der Waals surface area (Å²) in [6.07, 6.45) is 3.65. The Balaban J connectivity index is 2.36. The lowest BCUT2D eigenvalue weighted by atomic mass is 10.0. The normalized spacial score (nSPS) is 17.0. The van der Waals surface area contributed by atoms with Crippen molar-refractivity contribution in [3.63, 3.8) is 0 Å². The van der Waals surface area contributed by atoms with Crippen LogP contribution >= 0.6 is 11.3 Å². The van der Waals surface area contributed by atoms with Gasteiger partial charge in [-0.05, 0) is 31.7 Å². The van der Waals surface area contributed by atoms with E-state index in [0.717, 1.165) is 4.88 Å². The first-order valence-electron chi connectivity index (χ1n) is 6.06. The minimum atomic E-state index is -0.741. The van der Waals surface area contributed by atoms with Crippen LogP contribution in [0.2, 0.25) is 0 Å². The van der Waals surface area contributed by atoms with Crippen LogP contribution < -0.4 is 5.32 Å². The van der Waals surface area contributed by atoms with Crippen molar-refractivity contribution in [2.24, 2.45) is 0 Å². The predicted molar refractivity (Wildman–Crippen MR) is 70.9 cm³/mol. The van der Waals surface area contributed by atoms with Gasteiger partial charge in [-0.15, -0.1) is 11.3 Å². The fraction of sp³-hybridized carbons (Fsp3) is 0.692. The number of aliphatic hydroxyl groups is 1. The molecule has 0 aliphatic heterocycles. The van der Waals surface area contributed by atoms with E-state index in [9.17, 15) is 5.11 Å². The second kappa shape index (κ2) is 6.38. The maximum Gasteiger partial charge on any atom is 0.108 e. The van der Waals surface area contributed by atoms with Crippen molar-refractivity contribution in [3.05, 3.63) is 22.4 Å². The number of rotatable bonds is 7. The van der Waals surface area contributed by atoms with Gasteiger partial charge in [0.25, 0.3) is 0 Å². The molecule has 1 aromatic rings. The summed E-state index contributed by atoms with van der Waals surface area (Å²) in [6, 6.07) is 4.45. The van der Waals surface area contributed by atoms with Crippen LogP contribution in [0.4, 0.5) is 0 Å². The summed E-state index contributed by atoms with van der Waals surface area (Å²) >= 11 is 1.61. The zero-order valence-electron chi connectivity index (χ0n) is 10.5. The molecule has 0 amide bonds. The molecule has 2 nitrogen and oxygen atoms in total. The Morgan fingerprint density at radius 1 is 1.56 bits per heavy atom. The van der Waals surface area contributed by atoms with E-state index in [4.69, 9.17) is 0 Å². The monoisotopic (exact) mass is 241 g/mol. The molecule has 3 heteroatoms. The van der Waals surface area contributed by atoms with Crippen molar-refractivity contribution in [1.82, 2.24) is 5.32 Å². The molecule has 0 aliphatic rings. The molecule has 1 heterocycles. The van der Waals surface area contributed by atoms with Gasteiger partial charge in [0.15, 0.2) is 0 Å². The Kier molecular flexibility index (Phi) is 5.46. The summed E-state index contributed by atoms with van der Waals surface area (Å²) in [5, 5.41) is 15.7. The van der Waals surface area contributed by atoms with Gasteiger partial charge in [-0.1, -0.05) is 25.8 Å². The van der Waals surface area contributed by atoms with E-state index in [1.165, 1.54) is 19.3 Å². The van der Waals surface area contributed by atoms with Gasteiger partial charge in [-0.25, -0.2) is 0 Å². The molecule has 92 valence electrons. The lowest BCUT2D eigenvalue weighted by Gasteiger charge is -2.25. The van der Waals surface area contributed by atoms with Crippen LogP contribution in [0.3, 0.4) is 0 Å². The van der Waals surface area contributed by atoms with Crippen molar-refractivity contribution in [1.29, 1.82) is 0 Å². The smallest absolute Gasteiger partial charge is 0.108 e. The fourth-order valence-corrected chi connectivity index (χ4v) is 2.44. The molecule has 2 unspecified atom stereocenters. The molecule has 0 spiro atoms. The minimum absolute atomic E-state index is 0.478. The summed E-state index contributed by atoms with van der Waals surface area (Å²) < 4.78 is 0. The van der Waals surface area contributed by atoms with Crippen LogP contribution in [-0.4, -0.2) is 17.7 Å². The van der Waals surface area contributed by atoms with Gasteiger partial charge in [0.05, 0.1) is 0 Å². The van der Waals surface area contributed by atoms with Gasteiger partial charge < -0.3 is 10.4 Å². The highest BCUT2D eigenvalue weighted by Crippen LogP contribution is 2.24. The minimum Gasteiger partial charge on any atom is -0.383 e. The first-order chi connectivity index (χ1) is 7.56. The first-order valence-corrected chi connectivity index (χ1v) is 6.94. The Morgan fingerprint density at radius 2 is 2.31 bits per heavy atom. The third-order valence-corrected chi connectivity index (χ3v) is 3.96. The van der Waals surface area contributed by atoms with Crippen molar-refractivity contribution in [3.8, 4) is 0 Å². The number of hydrogen-bond acceptors (Lipinski definition) is 3. The molecule has 0 aliphatic carbocycles.